The molecule has 152 valence electrons. The number of benzene rings is 2. The van der Waals surface area contributed by atoms with Gasteiger partial charge in [0.1, 0.15) is 11.5 Å². The number of pyridine rings is 1. The second-order valence-corrected chi connectivity index (χ2v) is 7.30. The zero-order chi connectivity index (χ0) is 20.6. The number of aromatic nitrogens is 1. The van der Waals surface area contributed by atoms with Crippen LogP contribution < -0.4 is 14.4 Å². The third kappa shape index (κ3) is 5.96. The van der Waals surface area contributed by atoms with Crippen molar-refractivity contribution in [3.8, 4) is 11.5 Å². The lowest BCUT2D eigenvalue weighted by Gasteiger charge is -2.26. The van der Waals surface area contributed by atoms with Crippen molar-refractivity contribution in [2.45, 2.75) is 19.6 Å². The molecule has 0 N–H and O–H groups in total. The van der Waals surface area contributed by atoms with Gasteiger partial charge in [-0.15, -0.1) is 0 Å². The molecule has 2 aromatic carbocycles. The Balaban J connectivity index is 1.91. The highest BCUT2D eigenvalue weighted by atomic mass is 16.5. The zero-order valence-electron chi connectivity index (χ0n) is 17.6. The number of anilines is 1. The summed E-state index contributed by atoms with van der Waals surface area (Å²) in [7, 11) is 7.50. The van der Waals surface area contributed by atoms with Crippen molar-refractivity contribution in [1.82, 2.24) is 9.88 Å². The van der Waals surface area contributed by atoms with Crippen LogP contribution in [0.4, 0.5) is 5.69 Å². The predicted molar refractivity (Wildman–Crippen MR) is 118 cm³/mol. The summed E-state index contributed by atoms with van der Waals surface area (Å²) in [6.07, 6.45) is 1.89. The van der Waals surface area contributed by atoms with Crippen LogP contribution in [0.25, 0.3) is 0 Å². The van der Waals surface area contributed by atoms with Gasteiger partial charge in [0.2, 0.25) is 0 Å². The summed E-state index contributed by atoms with van der Waals surface area (Å²) in [5.41, 5.74) is 4.58. The second kappa shape index (κ2) is 9.94. The van der Waals surface area contributed by atoms with Gasteiger partial charge in [-0.2, -0.15) is 0 Å². The molecule has 0 amide bonds. The molecule has 0 aliphatic heterocycles. The summed E-state index contributed by atoms with van der Waals surface area (Å²) in [4.78, 5) is 9.00. The summed E-state index contributed by atoms with van der Waals surface area (Å²) in [6, 6.07) is 20.7. The van der Waals surface area contributed by atoms with E-state index in [1.807, 2.05) is 30.5 Å². The van der Waals surface area contributed by atoms with Crippen LogP contribution in [0.1, 0.15) is 16.8 Å². The maximum Gasteiger partial charge on any atom is 0.119 e. The van der Waals surface area contributed by atoms with Crippen LogP contribution >= 0.6 is 0 Å². The van der Waals surface area contributed by atoms with Gasteiger partial charge < -0.3 is 19.3 Å². The molecule has 1 heterocycles. The number of hydrogen-bond donors (Lipinski definition) is 0. The van der Waals surface area contributed by atoms with Gasteiger partial charge in [0.05, 0.1) is 19.9 Å². The molecule has 3 aromatic rings. The van der Waals surface area contributed by atoms with E-state index in [0.717, 1.165) is 42.5 Å². The molecular formula is C24H29N3O2. The van der Waals surface area contributed by atoms with Crippen LogP contribution in [0.5, 0.6) is 11.5 Å². The molecule has 0 saturated carbocycles. The van der Waals surface area contributed by atoms with E-state index in [9.17, 15) is 0 Å². The fourth-order valence-electron chi connectivity index (χ4n) is 3.29. The van der Waals surface area contributed by atoms with Gasteiger partial charge in [-0.1, -0.05) is 24.3 Å². The Morgan fingerprint density at radius 2 is 1.34 bits per heavy atom. The fourth-order valence-corrected chi connectivity index (χ4v) is 3.29. The van der Waals surface area contributed by atoms with E-state index >= 15 is 0 Å². The van der Waals surface area contributed by atoms with Crippen LogP contribution in [0.3, 0.4) is 0 Å². The first kappa shape index (κ1) is 20.7. The lowest BCUT2D eigenvalue weighted by molar-refractivity contribution is 0.397. The lowest BCUT2D eigenvalue weighted by Crippen LogP contribution is -2.23. The minimum Gasteiger partial charge on any atom is -0.497 e. The lowest BCUT2D eigenvalue weighted by atomic mass is 10.1. The van der Waals surface area contributed by atoms with Gasteiger partial charge >= 0.3 is 0 Å². The first-order valence-corrected chi connectivity index (χ1v) is 9.68. The van der Waals surface area contributed by atoms with Crippen LogP contribution in [0.15, 0.2) is 66.9 Å². The Bertz CT molecular complexity index is 878. The van der Waals surface area contributed by atoms with Crippen LogP contribution in [0, 0.1) is 0 Å². The molecule has 0 atom stereocenters. The monoisotopic (exact) mass is 391 g/mol. The van der Waals surface area contributed by atoms with Crippen molar-refractivity contribution < 1.29 is 9.47 Å². The van der Waals surface area contributed by atoms with E-state index < -0.39 is 0 Å². The molecule has 0 unspecified atom stereocenters. The third-order valence-corrected chi connectivity index (χ3v) is 4.66. The molecular weight excluding hydrogens is 362 g/mol. The molecule has 1 aromatic heterocycles. The highest BCUT2D eigenvalue weighted by molar-refractivity contribution is 5.49. The maximum absolute atomic E-state index is 5.40. The van der Waals surface area contributed by atoms with Crippen LogP contribution in [-0.4, -0.2) is 38.2 Å². The smallest absolute Gasteiger partial charge is 0.119 e. The molecule has 0 saturated heterocycles. The van der Waals surface area contributed by atoms with Crippen molar-refractivity contribution in [2.75, 3.05) is 33.2 Å². The van der Waals surface area contributed by atoms with E-state index in [1.54, 1.807) is 14.2 Å². The quantitative estimate of drug-likeness (QED) is 0.542. The molecule has 0 bridgehead atoms. The Morgan fingerprint density at radius 1 is 0.759 bits per heavy atom. The van der Waals surface area contributed by atoms with Crippen LogP contribution in [0.2, 0.25) is 0 Å². The van der Waals surface area contributed by atoms with Crippen molar-refractivity contribution in [3.05, 3.63) is 83.7 Å². The topological polar surface area (TPSA) is 37.8 Å². The largest absolute Gasteiger partial charge is 0.497 e. The Morgan fingerprint density at radius 3 is 1.86 bits per heavy atom. The zero-order valence-corrected chi connectivity index (χ0v) is 17.6. The molecule has 0 spiro atoms. The molecule has 5 heteroatoms. The van der Waals surface area contributed by atoms with Gasteiger partial charge in [-0.3, -0.25) is 4.98 Å². The van der Waals surface area contributed by atoms with E-state index in [-0.39, 0.29) is 0 Å². The van der Waals surface area contributed by atoms with E-state index in [2.05, 4.69) is 65.3 Å². The highest BCUT2D eigenvalue weighted by Crippen LogP contribution is 2.24. The molecule has 0 aliphatic carbocycles. The molecule has 29 heavy (non-hydrogen) atoms. The summed E-state index contributed by atoms with van der Waals surface area (Å²) >= 11 is 0. The van der Waals surface area contributed by atoms with Crippen LogP contribution in [-0.2, 0) is 19.6 Å². The highest BCUT2D eigenvalue weighted by Gasteiger charge is 2.11. The molecule has 5 nitrogen and oxygen atoms in total. The number of ether oxygens (including phenoxy) is 2. The summed E-state index contributed by atoms with van der Waals surface area (Å²) < 4.78 is 10.8. The molecule has 0 fully saturated rings. The SMILES string of the molecule is COc1cccc(CN(Cc2cccc(OC)c2)c2ccnc(CN(C)C)c2)c1. The number of nitrogens with zero attached hydrogens (tertiary/aromatic N) is 3. The second-order valence-electron chi connectivity index (χ2n) is 7.30. The van der Waals surface area contributed by atoms with E-state index in [0.29, 0.717) is 0 Å². The minimum atomic E-state index is 0.764. The summed E-state index contributed by atoms with van der Waals surface area (Å²) in [5, 5.41) is 0. The van der Waals surface area contributed by atoms with Crippen molar-refractivity contribution in [3.63, 3.8) is 0 Å². The average Bonchev–Trinajstić information content (AvgIpc) is 2.73. The van der Waals surface area contributed by atoms with Gasteiger partial charge in [0, 0.05) is 31.5 Å². The number of methoxy groups -OCH3 is 2. The maximum atomic E-state index is 5.40. The van der Waals surface area contributed by atoms with E-state index in [1.165, 1.54) is 11.1 Å². The fraction of sp³-hybridized carbons (Fsp3) is 0.292. The standard InChI is InChI=1S/C24H29N3O2/c1-26(2)18-21-15-22(11-12-25-21)27(16-19-7-5-9-23(13-19)28-3)17-20-8-6-10-24(14-20)29-4/h5-15H,16-18H2,1-4H3. The van der Waals surface area contributed by atoms with Crippen molar-refractivity contribution in [2.24, 2.45) is 0 Å². The molecule has 0 radical (unpaired) electrons. The predicted octanol–water partition coefficient (Wildman–Crippen LogP) is 4.37. The Kier molecular flexibility index (Phi) is 7.09. The van der Waals surface area contributed by atoms with Gasteiger partial charge in [0.25, 0.3) is 0 Å². The van der Waals surface area contributed by atoms with E-state index in [4.69, 9.17) is 9.47 Å². The minimum absolute atomic E-state index is 0.764. The molecule has 3 rings (SSSR count). The summed E-state index contributed by atoms with van der Waals surface area (Å²) in [6.45, 7) is 2.33. The number of rotatable bonds is 9. The van der Waals surface area contributed by atoms with Crippen molar-refractivity contribution in [1.29, 1.82) is 0 Å². The Labute approximate surface area is 173 Å². The average molecular weight is 392 g/mol. The number of hydrogen-bond acceptors (Lipinski definition) is 5. The van der Waals surface area contributed by atoms with Crippen molar-refractivity contribution >= 4 is 5.69 Å². The normalized spacial score (nSPS) is 10.8. The third-order valence-electron chi connectivity index (χ3n) is 4.66. The van der Waals surface area contributed by atoms with Gasteiger partial charge in [0.15, 0.2) is 0 Å². The van der Waals surface area contributed by atoms with Gasteiger partial charge in [-0.25, -0.2) is 0 Å². The molecule has 0 aliphatic rings. The first-order valence-electron chi connectivity index (χ1n) is 9.68. The van der Waals surface area contributed by atoms with Gasteiger partial charge in [-0.05, 0) is 61.6 Å². The summed E-state index contributed by atoms with van der Waals surface area (Å²) in [5.74, 6) is 1.73. The Hall–Kier alpha value is -3.05. The first-order chi connectivity index (χ1) is 14.1.